The molecule has 0 N–H and O–H groups in total. The van der Waals surface area contributed by atoms with Crippen molar-refractivity contribution >= 4 is 5.69 Å². The number of likely N-dealkylation sites (tertiary alicyclic amines) is 1. The Morgan fingerprint density at radius 1 is 1.14 bits per heavy atom. The standard InChI is InChI=1S/C23H35N3O2/c1-24(2)14-20-21-15-26(16-23(21)11-8-22(20)28-23)18-9-12-25(13-10-18)17-4-6-19(27-3)7-5-17/h4-7,18,20-22H,8-16H2,1-3H3/t20-,21+,22+,23+/m1/s1. The van der Waals surface area contributed by atoms with Gasteiger partial charge in [0, 0.05) is 56.3 Å². The molecule has 0 saturated carbocycles. The van der Waals surface area contributed by atoms with Crippen LogP contribution < -0.4 is 9.64 Å². The zero-order valence-corrected chi connectivity index (χ0v) is 17.6. The normalized spacial score (nSPS) is 35.7. The molecule has 2 bridgehead atoms. The molecule has 4 aliphatic rings. The number of nitrogens with zero attached hydrogens (tertiary/aromatic N) is 3. The van der Waals surface area contributed by atoms with Crippen molar-refractivity contribution in [3.8, 4) is 5.75 Å². The molecule has 5 nitrogen and oxygen atoms in total. The van der Waals surface area contributed by atoms with Gasteiger partial charge in [-0.1, -0.05) is 0 Å². The first-order valence-electron chi connectivity index (χ1n) is 11.0. The molecule has 154 valence electrons. The van der Waals surface area contributed by atoms with Gasteiger partial charge in [-0.25, -0.2) is 0 Å². The summed E-state index contributed by atoms with van der Waals surface area (Å²) in [6.07, 6.45) is 5.60. The number of fused-ring (bicyclic) bond motifs is 1. The predicted molar refractivity (Wildman–Crippen MR) is 112 cm³/mol. The highest BCUT2D eigenvalue weighted by molar-refractivity contribution is 5.49. The number of benzene rings is 1. The van der Waals surface area contributed by atoms with Crippen molar-refractivity contribution in [2.24, 2.45) is 11.8 Å². The van der Waals surface area contributed by atoms with E-state index in [4.69, 9.17) is 9.47 Å². The van der Waals surface area contributed by atoms with Gasteiger partial charge in [0.1, 0.15) is 5.75 Å². The Morgan fingerprint density at radius 2 is 1.89 bits per heavy atom. The number of ether oxygens (including phenoxy) is 2. The van der Waals surface area contributed by atoms with E-state index < -0.39 is 0 Å². The lowest BCUT2D eigenvalue weighted by atomic mass is 9.73. The molecule has 0 amide bonds. The Labute approximate surface area is 169 Å². The maximum absolute atomic E-state index is 6.64. The minimum Gasteiger partial charge on any atom is -0.497 e. The van der Waals surface area contributed by atoms with Gasteiger partial charge in [0.25, 0.3) is 0 Å². The first-order chi connectivity index (χ1) is 13.6. The van der Waals surface area contributed by atoms with Crippen LogP contribution in [0.15, 0.2) is 24.3 Å². The van der Waals surface area contributed by atoms with E-state index in [0.717, 1.165) is 36.7 Å². The molecule has 0 unspecified atom stereocenters. The molecular formula is C23H35N3O2. The van der Waals surface area contributed by atoms with E-state index in [1.807, 2.05) is 0 Å². The molecule has 4 atom stereocenters. The molecule has 1 spiro atoms. The van der Waals surface area contributed by atoms with Gasteiger partial charge in [-0.05, 0) is 64.0 Å². The molecule has 1 aromatic rings. The second-order valence-electron chi connectivity index (χ2n) is 9.64. The second-order valence-corrected chi connectivity index (χ2v) is 9.64. The fraction of sp³-hybridized carbons (Fsp3) is 0.739. The molecule has 5 rings (SSSR count). The monoisotopic (exact) mass is 385 g/mol. The van der Waals surface area contributed by atoms with Crippen LogP contribution in [0.1, 0.15) is 25.7 Å². The number of anilines is 1. The highest BCUT2D eigenvalue weighted by Crippen LogP contribution is 2.55. The Hall–Kier alpha value is -1.30. The third-order valence-corrected chi connectivity index (χ3v) is 7.80. The van der Waals surface area contributed by atoms with Gasteiger partial charge in [-0.3, -0.25) is 4.90 Å². The molecule has 0 aliphatic carbocycles. The lowest BCUT2D eigenvalue weighted by Gasteiger charge is -2.38. The number of hydrogen-bond donors (Lipinski definition) is 0. The van der Waals surface area contributed by atoms with E-state index in [1.165, 1.54) is 51.0 Å². The molecule has 4 aliphatic heterocycles. The van der Waals surface area contributed by atoms with E-state index in [2.05, 4.69) is 53.1 Å². The maximum atomic E-state index is 6.64. The molecule has 4 saturated heterocycles. The van der Waals surface area contributed by atoms with E-state index >= 15 is 0 Å². The van der Waals surface area contributed by atoms with E-state index in [-0.39, 0.29) is 5.60 Å². The third kappa shape index (κ3) is 3.12. The van der Waals surface area contributed by atoms with Crippen molar-refractivity contribution in [2.75, 3.05) is 58.8 Å². The van der Waals surface area contributed by atoms with Crippen molar-refractivity contribution in [1.82, 2.24) is 9.80 Å². The van der Waals surface area contributed by atoms with Crippen LogP contribution >= 0.6 is 0 Å². The fourth-order valence-corrected chi connectivity index (χ4v) is 6.45. The summed E-state index contributed by atoms with van der Waals surface area (Å²) in [5, 5.41) is 0. The van der Waals surface area contributed by atoms with Crippen LogP contribution in [0, 0.1) is 11.8 Å². The van der Waals surface area contributed by atoms with Gasteiger partial charge in [-0.15, -0.1) is 0 Å². The summed E-state index contributed by atoms with van der Waals surface area (Å²) in [6.45, 7) is 5.90. The average molecular weight is 386 g/mol. The summed E-state index contributed by atoms with van der Waals surface area (Å²) in [5.41, 5.74) is 1.50. The Bertz CT molecular complexity index is 686. The van der Waals surface area contributed by atoms with Crippen LogP contribution in [-0.4, -0.2) is 81.5 Å². The van der Waals surface area contributed by atoms with E-state index in [1.54, 1.807) is 7.11 Å². The molecule has 0 aromatic heterocycles. The molecule has 4 heterocycles. The van der Waals surface area contributed by atoms with Gasteiger partial charge in [0.05, 0.1) is 18.8 Å². The lowest BCUT2D eigenvalue weighted by molar-refractivity contribution is -0.00293. The zero-order valence-electron chi connectivity index (χ0n) is 17.6. The average Bonchev–Trinajstić information content (AvgIpc) is 3.38. The SMILES string of the molecule is COc1ccc(N2CCC(N3C[C@H]4[C@@H](CN(C)C)[C@@H]5CC[C@@]4(C3)O5)CC2)cc1. The molecule has 4 fully saturated rings. The topological polar surface area (TPSA) is 28.2 Å². The number of piperidine rings is 1. The summed E-state index contributed by atoms with van der Waals surface area (Å²) in [4.78, 5) is 7.68. The molecular weight excluding hydrogens is 350 g/mol. The minimum absolute atomic E-state index is 0.179. The predicted octanol–water partition coefficient (Wildman–Crippen LogP) is 2.71. The Morgan fingerprint density at radius 3 is 2.57 bits per heavy atom. The van der Waals surface area contributed by atoms with Gasteiger partial charge in [-0.2, -0.15) is 0 Å². The molecule has 28 heavy (non-hydrogen) atoms. The second kappa shape index (κ2) is 7.19. The Kier molecular flexibility index (Phi) is 4.80. The van der Waals surface area contributed by atoms with Crippen LogP contribution in [-0.2, 0) is 4.74 Å². The number of rotatable bonds is 5. The smallest absolute Gasteiger partial charge is 0.119 e. The van der Waals surface area contributed by atoms with Crippen LogP contribution in [0.25, 0.3) is 0 Å². The highest BCUT2D eigenvalue weighted by atomic mass is 16.5. The van der Waals surface area contributed by atoms with Gasteiger partial charge in [0.2, 0.25) is 0 Å². The summed E-state index contributed by atoms with van der Waals surface area (Å²) < 4.78 is 11.9. The van der Waals surface area contributed by atoms with Crippen molar-refractivity contribution < 1.29 is 9.47 Å². The van der Waals surface area contributed by atoms with Crippen molar-refractivity contribution in [3.63, 3.8) is 0 Å². The molecule has 5 heteroatoms. The lowest BCUT2D eigenvalue weighted by Crippen LogP contribution is -2.45. The highest BCUT2D eigenvalue weighted by Gasteiger charge is 2.63. The van der Waals surface area contributed by atoms with Crippen molar-refractivity contribution in [2.45, 2.75) is 43.4 Å². The third-order valence-electron chi connectivity index (χ3n) is 7.80. The van der Waals surface area contributed by atoms with Crippen LogP contribution in [0.5, 0.6) is 5.75 Å². The van der Waals surface area contributed by atoms with Crippen molar-refractivity contribution in [3.05, 3.63) is 24.3 Å². The van der Waals surface area contributed by atoms with E-state index in [9.17, 15) is 0 Å². The maximum Gasteiger partial charge on any atom is 0.119 e. The van der Waals surface area contributed by atoms with Crippen LogP contribution in [0.2, 0.25) is 0 Å². The van der Waals surface area contributed by atoms with Crippen LogP contribution in [0.3, 0.4) is 0 Å². The minimum atomic E-state index is 0.179. The van der Waals surface area contributed by atoms with Crippen molar-refractivity contribution in [1.29, 1.82) is 0 Å². The zero-order chi connectivity index (χ0) is 19.3. The summed E-state index contributed by atoms with van der Waals surface area (Å²) >= 11 is 0. The van der Waals surface area contributed by atoms with Crippen LogP contribution in [0.4, 0.5) is 5.69 Å². The quantitative estimate of drug-likeness (QED) is 0.777. The summed E-state index contributed by atoms with van der Waals surface area (Å²) in [5.74, 6) is 2.41. The van der Waals surface area contributed by atoms with E-state index in [0.29, 0.717) is 6.10 Å². The molecule has 0 radical (unpaired) electrons. The molecule has 1 aromatic carbocycles. The van der Waals surface area contributed by atoms with Gasteiger partial charge in [0.15, 0.2) is 0 Å². The first kappa shape index (κ1) is 18.7. The first-order valence-corrected chi connectivity index (χ1v) is 11.0. The number of hydrogen-bond acceptors (Lipinski definition) is 5. The largest absolute Gasteiger partial charge is 0.497 e. The van der Waals surface area contributed by atoms with Gasteiger partial charge < -0.3 is 19.3 Å². The summed E-state index contributed by atoms with van der Waals surface area (Å²) in [7, 11) is 6.14. The summed E-state index contributed by atoms with van der Waals surface area (Å²) in [6, 6.07) is 9.24. The fourth-order valence-electron chi connectivity index (χ4n) is 6.45. The van der Waals surface area contributed by atoms with Gasteiger partial charge >= 0.3 is 0 Å². The Balaban J connectivity index is 1.21. The number of methoxy groups -OCH3 is 1.